The summed E-state index contributed by atoms with van der Waals surface area (Å²) in [5.41, 5.74) is 1.08. The maximum Gasteiger partial charge on any atom is 0.256 e. The second-order valence-electron chi connectivity index (χ2n) is 12.5. The molecule has 11 heteroatoms. The highest BCUT2D eigenvalue weighted by Gasteiger charge is 2.48. The van der Waals surface area contributed by atoms with Crippen LogP contribution in [0.4, 0.5) is 10.2 Å². The van der Waals surface area contributed by atoms with Gasteiger partial charge in [-0.2, -0.15) is 10.4 Å². The first-order chi connectivity index (χ1) is 20.4. The van der Waals surface area contributed by atoms with E-state index in [0.29, 0.717) is 28.7 Å². The number of aromatic nitrogens is 3. The van der Waals surface area contributed by atoms with Crippen LogP contribution >= 0.6 is 11.6 Å². The van der Waals surface area contributed by atoms with Gasteiger partial charge < -0.3 is 20.1 Å². The topological polar surface area (TPSA) is 116 Å². The van der Waals surface area contributed by atoms with Gasteiger partial charge in [-0.25, -0.2) is 13.9 Å². The van der Waals surface area contributed by atoms with Crippen LogP contribution in [-0.4, -0.2) is 56.4 Å². The lowest BCUT2D eigenvalue weighted by Gasteiger charge is -2.29. The Balaban J connectivity index is 1.17. The van der Waals surface area contributed by atoms with E-state index in [1.54, 1.807) is 30.8 Å². The minimum absolute atomic E-state index is 0.0957. The molecule has 0 bridgehead atoms. The van der Waals surface area contributed by atoms with Gasteiger partial charge in [0.2, 0.25) is 0 Å². The van der Waals surface area contributed by atoms with Crippen molar-refractivity contribution in [1.82, 2.24) is 19.9 Å². The first-order valence-electron chi connectivity index (χ1n) is 14.2. The van der Waals surface area contributed by atoms with Crippen molar-refractivity contribution in [2.24, 2.45) is 11.8 Å². The molecule has 222 valence electrons. The summed E-state index contributed by atoms with van der Waals surface area (Å²) < 4.78 is 21.8. The van der Waals surface area contributed by atoms with E-state index in [-0.39, 0.29) is 17.2 Å². The fraction of sp³-hybridized carbons (Fsp3) is 0.375. The molecule has 4 aromatic rings. The summed E-state index contributed by atoms with van der Waals surface area (Å²) in [6, 6.07) is 12.2. The quantitative estimate of drug-likeness (QED) is 0.297. The standard InChI is InChI=1S/C32H32ClFN6O3/c1-31(2,42)18-43-23-9-24(29-22(12-35)14-37-40(29)17-23)19-7-8-27(36-13-19)39-15-20-10-32(3,11-21(20)16-39)38-30(41)28-25(33)5-4-6-26(28)34/h4-9,13-14,17,20-21,42H,10-11,15-16,18H2,1-3H3,(H,38,41)/t20-,21+,32+. The molecule has 1 aromatic carbocycles. The molecule has 0 spiro atoms. The zero-order valence-electron chi connectivity index (χ0n) is 24.1. The molecular weight excluding hydrogens is 571 g/mol. The van der Waals surface area contributed by atoms with Crippen LogP contribution in [0.3, 0.4) is 0 Å². The molecular formula is C32H32ClFN6O3. The molecule has 2 N–H and O–H groups in total. The van der Waals surface area contributed by atoms with Crippen molar-refractivity contribution in [3.63, 3.8) is 0 Å². The summed E-state index contributed by atoms with van der Waals surface area (Å²) in [5.74, 6) is 0.969. The van der Waals surface area contributed by atoms with Crippen molar-refractivity contribution in [3.8, 4) is 22.9 Å². The minimum atomic E-state index is -1.01. The molecule has 1 saturated heterocycles. The van der Waals surface area contributed by atoms with Gasteiger partial charge in [0.1, 0.15) is 30.1 Å². The summed E-state index contributed by atoms with van der Waals surface area (Å²) in [6.45, 7) is 7.05. The van der Waals surface area contributed by atoms with Crippen LogP contribution in [-0.2, 0) is 0 Å². The van der Waals surface area contributed by atoms with E-state index < -0.39 is 22.9 Å². The van der Waals surface area contributed by atoms with Crippen molar-refractivity contribution in [3.05, 3.63) is 77.0 Å². The number of fused-ring (bicyclic) bond motifs is 2. The number of benzene rings is 1. The number of halogens is 2. The van der Waals surface area contributed by atoms with Gasteiger partial charge >= 0.3 is 0 Å². The molecule has 3 aromatic heterocycles. The number of anilines is 1. The molecule has 1 aliphatic heterocycles. The first kappa shape index (κ1) is 28.9. The second-order valence-corrected chi connectivity index (χ2v) is 12.9. The summed E-state index contributed by atoms with van der Waals surface area (Å²) in [6.07, 6.45) is 6.55. The summed E-state index contributed by atoms with van der Waals surface area (Å²) in [5, 5.41) is 27.3. The molecule has 2 aliphatic rings. The number of carbonyl (C=O) groups excluding carboxylic acids is 1. The predicted octanol–water partition coefficient (Wildman–Crippen LogP) is 5.25. The molecule has 2 fully saturated rings. The first-order valence-corrected chi connectivity index (χ1v) is 14.6. The van der Waals surface area contributed by atoms with Crippen LogP contribution in [0.15, 0.2) is 55.0 Å². The number of rotatable bonds is 7. The van der Waals surface area contributed by atoms with Gasteiger partial charge in [0.05, 0.1) is 39.7 Å². The third-order valence-corrected chi connectivity index (χ3v) is 8.60. The van der Waals surface area contributed by atoms with E-state index in [1.165, 1.54) is 24.4 Å². The average molecular weight is 603 g/mol. The lowest BCUT2D eigenvalue weighted by atomic mass is 9.97. The number of ether oxygens (including phenoxy) is 1. The normalized spacial score (nSPS) is 21.6. The van der Waals surface area contributed by atoms with Crippen LogP contribution in [0.25, 0.3) is 16.6 Å². The van der Waals surface area contributed by atoms with E-state index in [1.807, 2.05) is 25.1 Å². The lowest BCUT2D eigenvalue weighted by Crippen LogP contribution is -2.45. The number of nitriles is 1. The number of carbonyl (C=O) groups is 1. The van der Waals surface area contributed by atoms with Gasteiger partial charge in [-0.3, -0.25) is 4.79 Å². The number of hydrogen-bond acceptors (Lipinski definition) is 7. The van der Waals surface area contributed by atoms with Crippen LogP contribution in [0, 0.1) is 29.0 Å². The largest absolute Gasteiger partial charge is 0.489 e. The van der Waals surface area contributed by atoms with Crippen LogP contribution in [0.1, 0.15) is 49.5 Å². The van der Waals surface area contributed by atoms with Crippen molar-refractivity contribution in [1.29, 1.82) is 5.26 Å². The van der Waals surface area contributed by atoms with Crippen molar-refractivity contribution >= 4 is 28.8 Å². The number of amides is 1. The smallest absolute Gasteiger partial charge is 0.256 e. The number of nitrogens with zero attached hydrogens (tertiary/aromatic N) is 5. The molecule has 6 rings (SSSR count). The Hall–Kier alpha value is -4.20. The third-order valence-electron chi connectivity index (χ3n) is 8.29. The summed E-state index contributed by atoms with van der Waals surface area (Å²) >= 11 is 6.12. The van der Waals surface area contributed by atoms with Gasteiger partial charge in [0.15, 0.2) is 0 Å². The second kappa shape index (κ2) is 10.8. The highest BCUT2D eigenvalue weighted by Crippen LogP contribution is 2.45. The zero-order chi connectivity index (χ0) is 30.5. The van der Waals surface area contributed by atoms with E-state index in [9.17, 15) is 19.6 Å². The molecule has 43 heavy (non-hydrogen) atoms. The zero-order valence-corrected chi connectivity index (χ0v) is 24.9. The minimum Gasteiger partial charge on any atom is -0.489 e. The highest BCUT2D eigenvalue weighted by molar-refractivity contribution is 6.33. The Bertz CT molecular complexity index is 1710. The highest BCUT2D eigenvalue weighted by atomic mass is 35.5. The van der Waals surface area contributed by atoms with Gasteiger partial charge in [-0.05, 0) is 75.8 Å². The Labute approximate surface area is 253 Å². The van der Waals surface area contributed by atoms with E-state index in [2.05, 4.69) is 21.4 Å². The maximum atomic E-state index is 14.3. The fourth-order valence-corrected chi connectivity index (χ4v) is 6.70. The Morgan fingerprint density at radius 2 is 2.00 bits per heavy atom. The maximum absolute atomic E-state index is 14.3. The lowest BCUT2D eigenvalue weighted by molar-refractivity contribution is 0.0283. The number of pyridine rings is 2. The van der Waals surface area contributed by atoms with E-state index in [4.69, 9.17) is 21.3 Å². The molecule has 1 amide bonds. The van der Waals surface area contributed by atoms with Crippen LogP contribution < -0.4 is 15.0 Å². The van der Waals surface area contributed by atoms with Crippen molar-refractivity contribution in [2.45, 2.75) is 44.8 Å². The molecule has 4 heterocycles. The molecule has 3 atom stereocenters. The Morgan fingerprint density at radius 3 is 2.63 bits per heavy atom. The van der Waals surface area contributed by atoms with Gasteiger partial charge in [0.25, 0.3) is 5.91 Å². The number of hydrogen-bond donors (Lipinski definition) is 2. The van der Waals surface area contributed by atoms with Crippen molar-refractivity contribution < 1.29 is 19.0 Å². The predicted molar refractivity (Wildman–Crippen MR) is 161 cm³/mol. The van der Waals surface area contributed by atoms with E-state index >= 15 is 0 Å². The van der Waals surface area contributed by atoms with Gasteiger partial charge in [-0.15, -0.1) is 0 Å². The fourth-order valence-electron chi connectivity index (χ4n) is 6.45. The molecule has 9 nitrogen and oxygen atoms in total. The number of nitrogens with one attached hydrogen (secondary N) is 1. The molecule has 0 unspecified atom stereocenters. The SMILES string of the molecule is CC(C)(O)COc1cc(-c2ccc(N3C[C@@H]4C[C@@](C)(NC(=O)c5c(F)cccc5Cl)C[C@@H]4C3)nc2)c2c(C#N)cnn2c1. The van der Waals surface area contributed by atoms with Crippen molar-refractivity contribution in [2.75, 3.05) is 24.6 Å². The monoisotopic (exact) mass is 602 g/mol. The van der Waals surface area contributed by atoms with E-state index in [0.717, 1.165) is 42.9 Å². The molecule has 1 saturated carbocycles. The third kappa shape index (κ3) is 5.75. The summed E-state index contributed by atoms with van der Waals surface area (Å²) in [4.78, 5) is 19.9. The molecule has 0 radical (unpaired) electrons. The Morgan fingerprint density at radius 1 is 1.26 bits per heavy atom. The van der Waals surface area contributed by atoms with Gasteiger partial charge in [0, 0.05) is 36.0 Å². The van der Waals surface area contributed by atoms with Crippen LogP contribution in [0.2, 0.25) is 5.02 Å². The van der Waals surface area contributed by atoms with Gasteiger partial charge in [-0.1, -0.05) is 17.7 Å². The van der Waals surface area contributed by atoms with Crippen LogP contribution in [0.5, 0.6) is 5.75 Å². The molecule has 1 aliphatic carbocycles. The Kier molecular flexibility index (Phi) is 7.27. The summed E-state index contributed by atoms with van der Waals surface area (Å²) in [7, 11) is 0. The average Bonchev–Trinajstić information content (AvgIpc) is 3.62. The number of aliphatic hydroxyl groups is 1.